The molecule has 1 aliphatic rings. The van der Waals surface area contributed by atoms with E-state index in [1.165, 1.54) is 0 Å². The molecule has 0 spiro atoms. The van der Waals surface area contributed by atoms with Crippen LogP contribution in [-0.2, 0) is 11.2 Å². The third-order valence-corrected chi connectivity index (χ3v) is 2.18. The Hall–Kier alpha value is -2.24. The Bertz CT molecular complexity index is 455. The summed E-state index contributed by atoms with van der Waals surface area (Å²) < 4.78 is 10.3. The summed E-state index contributed by atoms with van der Waals surface area (Å²) >= 11 is 0. The average molecular weight is 223 g/mol. The highest BCUT2D eigenvalue weighted by Crippen LogP contribution is 2.32. The zero-order valence-corrected chi connectivity index (χ0v) is 8.21. The number of oxime groups is 1. The Labute approximate surface area is 90.7 Å². The number of fused-ring (bicyclic) bond motifs is 1. The fraction of sp³-hybridized carbons (Fsp3) is 0.200. The molecule has 16 heavy (non-hydrogen) atoms. The number of ether oxygens (including phenoxy) is 2. The molecule has 0 bridgehead atoms. The number of carboxylic acids is 1. The van der Waals surface area contributed by atoms with Gasteiger partial charge in [0.05, 0.1) is 0 Å². The number of aliphatic carboxylic acids is 1. The summed E-state index contributed by atoms with van der Waals surface area (Å²) in [6.07, 6.45) is 0.0302. The maximum Gasteiger partial charge on any atom is 0.354 e. The number of nitrogens with zero attached hydrogens (tertiary/aromatic N) is 1. The van der Waals surface area contributed by atoms with Gasteiger partial charge < -0.3 is 19.8 Å². The largest absolute Gasteiger partial charge is 0.477 e. The average Bonchev–Trinajstić information content (AvgIpc) is 2.72. The van der Waals surface area contributed by atoms with Gasteiger partial charge in [0, 0.05) is 6.42 Å². The maximum absolute atomic E-state index is 10.6. The van der Waals surface area contributed by atoms with Crippen LogP contribution in [0.4, 0.5) is 0 Å². The second-order valence-corrected chi connectivity index (χ2v) is 3.22. The van der Waals surface area contributed by atoms with E-state index in [-0.39, 0.29) is 18.9 Å². The third kappa shape index (κ3) is 1.90. The van der Waals surface area contributed by atoms with Gasteiger partial charge in [0.2, 0.25) is 6.79 Å². The highest BCUT2D eigenvalue weighted by Gasteiger charge is 2.16. The Kier molecular flexibility index (Phi) is 2.63. The molecule has 0 radical (unpaired) electrons. The quantitative estimate of drug-likeness (QED) is 0.451. The molecule has 6 heteroatoms. The van der Waals surface area contributed by atoms with Crippen LogP contribution < -0.4 is 9.47 Å². The first kappa shape index (κ1) is 10.3. The second kappa shape index (κ2) is 4.09. The lowest BCUT2D eigenvalue weighted by molar-refractivity contribution is -0.129. The van der Waals surface area contributed by atoms with Crippen LogP contribution in [0, 0.1) is 0 Å². The molecule has 1 aromatic rings. The van der Waals surface area contributed by atoms with Crippen molar-refractivity contribution in [1.82, 2.24) is 0 Å². The number of carbonyl (C=O) groups is 1. The fourth-order valence-electron chi connectivity index (χ4n) is 1.40. The smallest absolute Gasteiger partial charge is 0.354 e. The standard InChI is InChI=1S/C10H9NO5/c12-10(13)7(11-14)3-6-1-2-8-9(4-6)16-5-15-8/h1-2,4,14H,3,5H2,(H,12,13)/b11-7-. The fourth-order valence-corrected chi connectivity index (χ4v) is 1.40. The predicted molar refractivity (Wildman–Crippen MR) is 53.1 cm³/mol. The Morgan fingerprint density at radius 3 is 2.81 bits per heavy atom. The summed E-state index contributed by atoms with van der Waals surface area (Å²) in [5.41, 5.74) is 0.360. The first-order valence-electron chi connectivity index (χ1n) is 4.53. The van der Waals surface area contributed by atoms with Crippen molar-refractivity contribution in [3.63, 3.8) is 0 Å². The van der Waals surface area contributed by atoms with E-state index in [1.807, 2.05) is 0 Å². The lowest BCUT2D eigenvalue weighted by atomic mass is 10.1. The molecule has 0 amide bonds. The SMILES string of the molecule is O=C(O)/C(Cc1ccc2c(c1)OCO2)=N\O. The Morgan fingerprint density at radius 2 is 2.12 bits per heavy atom. The number of benzene rings is 1. The van der Waals surface area contributed by atoms with Crippen molar-refractivity contribution in [2.24, 2.45) is 5.16 Å². The minimum atomic E-state index is -1.25. The van der Waals surface area contributed by atoms with Gasteiger partial charge in [0.1, 0.15) is 0 Å². The van der Waals surface area contributed by atoms with Gasteiger partial charge in [-0.3, -0.25) is 0 Å². The highest BCUT2D eigenvalue weighted by atomic mass is 16.7. The lowest BCUT2D eigenvalue weighted by Gasteiger charge is -2.01. The Morgan fingerprint density at radius 1 is 1.38 bits per heavy atom. The molecule has 0 aromatic heterocycles. The molecule has 1 heterocycles. The van der Waals surface area contributed by atoms with Crippen LogP contribution in [0.3, 0.4) is 0 Å². The Balaban J connectivity index is 2.19. The minimum Gasteiger partial charge on any atom is -0.477 e. The van der Waals surface area contributed by atoms with E-state index >= 15 is 0 Å². The molecule has 6 nitrogen and oxygen atoms in total. The zero-order valence-electron chi connectivity index (χ0n) is 8.21. The van der Waals surface area contributed by atoms with Gasteiger partial charge in [-0.1, -0.05) is 11.2 Å². The van der Waals surface area contributed by atoms with Crippen molar-refractivity contribution >= 4 is 11.7 Å². The topological polar surface area (TPSA) is 88.4 Å². The van der Waals surface area contributed by atoms with E-state index in [0.717, 1.165) is 0 Å². The molecular weight excluding hydrogens is 214 g/mol. The van der Waals surface area contributed by atoms with E-state index in [1.54, 1.807) is 18.2 Å². The first-order valence-corrected chi connectivity index (χ1v) is 4.53. The van der Waals surface area contributed by atoms with Crippen molar-refractivity contribution in [3.8, 4) is 11.5 Å². The molecule has 0 fully saturated rings. The number of carboxylic acid groups (broad SMARTS) is 1. The van der Waals surface area contributed by atoms with Gasteiger partial charge >= 0.3 is 5.97 Å². The normalized spacial score (nSPS) is 13.9. The van der Waals surface area contributed by atoms with Crippen LogP contribution in [0.15, 0.2) is 23.4 Å². The predicted octanol–water partition coefficient (Wildman–Crippen LogP) is 0.873. The van der Waals surface area contributed by atoms with Crippen molar-refractivity contribution in [2.75, 3.05) is 6.79 Å². The molecule has 84 valence electrons. The van der Waals surface area contributed by atoms with Gasteiger partial charge in [-0.05, 0) is 17.7 Å². The van der Waals surface area contributed by atoms with Gasteiger partial charge in [-0.15, -0.1) is 0 Å². The molecule has 0 atom stereocenters. The van der Waals surface area contributed by atoms with Crippen LogP contribution >= 0.6 is 0 Å². The van der Waals surface area contributed by atoms with Crippen molar-refractivity contribution in [1.29, 1.82) is 0 Å². The van der Waals surface area contributed by atoms with Crippen LogP contribution in [0.5, 0.6) is 11.5 Å². The second-order valence-electron chi connectivity index (χ2n) is 3.22. The zero-order chi connectivity index (χ0) is 11.5. The number of hydrogen-bond acceptors (Lipinski definition) is 5. The van der Waals surface area contributed by atoms with Crippen LogP contribution in [0.1, 0.15) is 5.56 Å². The number of rotatable bonds is 3. The van der Waals surface area contributed by atoms with Gasteiger partial charge in [-0.2, -0.15) is 0 Å². The molecule has 1 aliphatic heterocycles. The van der Waals surface area contributed by atoms with Crippen LogP contribution in [0.2, 0.25) is 0 Å². The molecule has 2 rings (SSSR count). The summed E-state index contributed by atoms with van der Waals surface area (Å²) in [7, 11) is 0. The highest BCUT2D eigenvalue weighted by molar-refractivity contribution is 6.35. The lowest BCUT2D eigenvalue weighted by Crippen LogP contribution is -2.15. The van der Waals surface area contributed by atoms with Crippen LogP contribution in [0.25, 0.3) is 0 Å². The van der Waals surface area contributed by atoms with Gasteiger partial charge in [0.15, 0.2) is 17.2 Å². The van der Waals surface area contributed by atoms with Crippen LogP contribution in [-0.4, -0.2) is 28.8 Å². The van der Waals surface area contributed by atoms with Crippen molar-refractivity contribution in [3.05, 3.63) is 23.8 Å². The van der Waals surface area contributed by atoms with Gasteiger partial charge in [0.25, 0.3) is 0 Å². The maximum atomic E-state index is 10.6. The molecule has 1 aromatic carbocycles. The van der Waals surface area contributed by atoms with Crippen molar-refractivity contribution < 1.29 is 24.6 Å². The minimum absolute atomic E-state index is 0.0302. The van der Waals surface area contributed by atoms with Crippen molar-refractivity contribution in [2.45, 2.75) is 6.42 Å². The van der Waals surface area contributed by atoms with E-state index in [4.69, 9.17) is 19.8 Å². The molecule has 2 N–H and O–H groups in total. The summed E-state index contributed by atoms with van der Waals surface area (Å²) in [5.74, 6) is -0.0538. The molecule has 0 unspecified atom stereocenters. The van der Waals surface area contributed by atoms with E-state index in [0.29, 0.717) is 17.1 Å². The first-order chi connectivity index (χ1) is 7.70. The molecule has 0 saturated carbocycles. The van der Waals surface area contributed by atoms with E-state index in [2.05, 4.69) is 5.16 Å². The molecule has 0 saturated heterocycles. The number of hydrogen-bond donors (Lipinski definition) is 2. The molecular formula is C10H9NO5. The van der Waals surface area contributed by atoms with Gasteiger partial charge in [-0.25, -0.2) is 4.79 Å². The summed E-state index contributed by atoms with van der Waals surface area (Å²) in [6.45, 7) is 0.165. The third-order valence-electron chi connectivity index (χ3n) is 2.18. The van der Waals surface area contributed by atoms with E-state index in [9.17, 15) is 4.79 Å². The monoisotopic (exact) mass is 223 g/mol. The van der Waals surface area contributed by atoms with E-state index < -0.39 is 5.97 Å². The molecule has 0 aliphatic carbocycles. The summed E-state index contributed by atoms with van der Waals surface area (Å²) in [6, 6.07) is 5.05. The summed E-state index contributed by atoms with van der Waals surface area (Å²) in [4.78, 5) is 10.6. The summed E-state index contributed by atoms with van der Waals surface area (Å²) in [5, 5.41) is 19.9.